The number of carbonyl (C=O) groups is 2. The van der Waals surface area contributed by atoms with Gasteiger partial charge < -0.3 is 25.3 Å². The SMILES string of the molecule is CN1CCN(CCC(=O)N(C)c2ccc(NC(=C3C(=O)Nc4cc(Cl)ccc43)c3ccccc3)cc2)CC1. The van der Waals surface area contributed by atoms with Crippen molar-refractivity contribution in [3.05, 3.63) is 88.9 Å². The smallest absolute Gasteiger partial charge is 0.258 e. The first-order valence-electron chi connectivity index (χ1n) is 12.8. The summed E-state index contributed by atoms with van der Waals surface area (Å²) in [5, 5.41) is 6.96. The van der Waals surface area contributed by atoms with Crippen molar-refractivity contribution in [1.29, 1.82) is 0 Å². The minimum Gasteiger partial charge on any atom is -0.354 e. The van der Waals surface area contributed by atoms with Gasteiger partial charge in [-0.1, -0.05) is 48.0 Å². The maximum absolute atomic E-state index is 13.1. The van der Waals surface area contributed by atoms with E-state index in [0.717, 1.165) is 55.2 Å². The lowest BCUT2D eigenvalue weighted by Gasteiger charge is -2.32. The minimum atomic E-state index is -0.184. The third-order valence-electron chi connectivity index (χ3n) is 7.17. The van der Waals surface area contributed by atoms with Crippen LogP contribution in [-0.2, 0) is 9.59 Å². The van der Waals surface area contributed by atoms with Gasteiger partial charge in [0.05, 0.1) is 17.0 Å². The highest BCUT2D eigenvalue weighted by Crippen LogP contribution is 2.38. The lowest BCUT2D eigenvalue weighted by molar-refractivity contribution is -0.118. The molecule has 3 aromatic carbocycles. The van der Waals surface area contributed by atoms with E-state index in [4.69, 9.17) is 11.6 Å². The number of nitrogens with one attached hydrogen (secondary N) is 2. The third kappa shape index (κ3) is 5.75. The first kappa shape index (κ1) is 26.0. The molecule has 2 aliphatic heterocycles. The topological polar surface area (TPSA) is 67.9 Å². The highest BCUT2D eigenvalue weighted by Gasteiger charge is 2.28. The zero-order valence-electron chi connectivity index (χ0n) is 21.7. The van der Waals surface area contributed by atoms with E-state index in [1.165, 1.54) is 0 Å². The van der Waals surface area contributed by atoms with Crippen LogP contribution in [0.15, 0.2) is 72.8 Å². The van der Waals surface area contributed by atoms with Crippen LogP contribution in [0.5, 0.6) is 0 Å². The molecule has 0 saturated carbocycles. The molecule has 1 fully saturated rings. The van der Waals surface area contributed by atoms with Crippen LogP contribution in [0.4, 0.5) is 17.1 Å². The monoisotopic (exact) mass is 529 g/mol. The Labute approximate surface area is 228 Å². The molecule has 0 aliphatic carbocycles. The number of hydrogen-bond donors (Lipinski definition) is 2. The molecule has 0 spiro atoms. The van der Waals surface area contributed by atoms with Gasteiger partial charge in [0.1, 0.15) is 0 Å². The van der Waals surface area contributed by atoms with Gasteiger partial charge in [0.15, 0.2) is 0 Å². The van der Waals surface area contributed by atoms with Crippen molar-refractivity contribution in [2.24, 2.45) is 0 Å². The summed E-state index contributed by atoms with van der Waals surface area (Å²) in [6.07, 6.45) is 0.489. The normalized spacial score (nSPS) is 17.1. The lowest BCUT2D eigenvalue weighted by Crippen LogP contribution is -2.45. The summed E-state index contributed by atoms with van der Waals surface area (Å²) in [7, 11) is 3.95. The van der Waals surface area contributed by atoms with Crippen LogP contribution in [0.2, 0.25) is 5.02 Å². The van der Waals surface area contributed by atoms with Gasteiger partial charge in [-0.25, -0.2) is 0 Å². The molecule has 7 nitrogen and oxygen atoms in total. The average molecular weight is 530 g/mol. The van der Waals surface area contributed by atoms with E-state index in [2.05, 4.69) is 27.5 Å². The van der Waals surface area contributed by atoms with Crippen LogP contribution < -0.4 is 15.5 Å². The molecular formula is C30H32ClN5O2. The maximum Gasteiger partial charge on any atom is 0.258 e. The van der Waals surface area contributed by atoms with Crippen LogP contribution in [0, 0.1) is 0 Å². The molecule has 5 rings (SSSR count). The Morgan fingerprint density at radius 2 is 1.71 bits per heavy atom. The Kier molecular flexibility index (Phi) is 7.79. The number of rotatable bonds is 7. The van der Waals surface area contributed by atoms with E-state index in [1.54, 1.807) is 17.0 Å². The lowest BCUT2D eigenvalue weighted by atomic mass is 10.00. The van der Waals surface area contributed by atoms with Crippen LogP contribution in [-0.4, -0.2) is 68.4 Å². The van der Waals surface area contributed by atoms with Crippen LogP contribution in [0.3, 0.4) is 0 Å². The van der Waals surface area contributed by atoms with Crippen LogP contribution >= 0.6 is 11.6 Å². The van der Waals surface area contributed by atoms with Crippen LogP contribution in [0.25, 0.3) is 11.3 Å². The number of benzene rings is 3. The number of anilines is 3. The molecule has 0 unspecified atom stereocenters. The molecular weight excluding hydrogens is 498 g/mol. The van der Waals surface area contributed by atoms with E-state index in [1.807, 2.05) is 67.7 Å². The molecule has 3 aromatic rings. The van der Waals surface area contributed by atoms with Gasteiger partial charge in [0.2, 0.25) is 5.91 Å². The Balaban J connectivity index is 1.34. The number of carbonyl (C=O) groups excluding carboxylic acids is 2. The largest absolute Gasteiger partial charge is 0.354 e. The summed E-state index contributed by atoms with van der Waals surface area (Å²) >= 11 is 6.16. The molecule has 1 saturated heterocycles. The first-order valence-corrected chi connectivity index (χ1v) is 13.2. The van der Waals surface area contributed by atoms with E-state index < -0.39 is 0 Å². The van der Waals surface area contributed by atoms with Crippen molar-refractivity contribution >= 4 is 51.7 Å². The second kappa shape index (κ2) is 11.4. The summed E-state index contributed by atoms with van der Waals surface area (Å²) in [5.74, 6) is -0.0921. The van der Waals surface area contributed by atoms with Crippen molar-refractivity contribution < 1.29 is 9.59 Å². The summed E-state index contributed by atoms with van der Waals surface area (Å²) < 4.78 is 0. The number of fused-ring (bicyclic) bond motifs is 1. The molecule has 196 valence electrons. The van der Waals surface area contributed by atoms with E-state index in [9.17, 15) is 9.59 Å². The second-order valence-corrected chi connectivity index (χ2v) is 10.2. The third-order valence-corrected chi connectivity index (χ3v) is 7.41. The molecule has 0 bridgehead atoms. The van der Waals surface area contributed by atoms with Gasteiger partial charge in [0.25, 0.3) is 5.91 Å². The van der Waals surface area contributed by atoms with Gasteiger partial charge in [-0.2, -0.15) is 0 Å². The first-order chi connectivity index (χ1) is 18.4. The minimum absolute atomic E-state index is 0.0922. The Hall–Kier alpha value is -3.65. The highest BCUT2D eigenvalue weighted by atomic mass is 35.5. The van der Waals surface area contributed by atoms with E-state index in [0.29, 0.717) is 28.4 Å². The van der Waals surface area contributed by atoms with Gasteiger partial charge in [0, 0.05) is 68.2 Å². The fourth-order valence-corrected chi connectivity index (χ4v) is 5.00. The van der Waals surface area contributed by atoms with E-state index in [-0.39, 0.29) is 11.8 Å². The zero-order chi connectivity index (χ0) is 26.6. The van der Waals surface area contributed by atoms with Gasteiger partial charge in [-0.05, 0) is 49.0 Å². The molecule has 2 N–H and O–H groups in total. The van der Waals surface area contributed by atoms with Crippen molar-refractivity contribution in [2.45, 2.75) is 6.42 Å². The maximum atomic E-state index is 13.1. The van der Waals surface area contributed by atoms with Crippen molar-refractivity contribution in [1.82, 2.24) is 9.80 Å². The molecule has 0 aromatic heterocycles. The van der Waals surface area contributed by atoms with Crippen molar-refractivity contribution in [3.8, 4) is 0 Å². The van der Waals surface area contributed by atoms with E-state index >= 15 is 0 Å². The molecule has 0 atom stereocenters. The number of piperazine rings is 1. The predicted molar refractivity (Wildman–Crippen MR) is 155 cm³/mol. The molecule has 2 aliphatic rings. The fourth-order valence-electron chi connectivity index (χ4n) is 4.83. The molecule has 38 heavy (non-hydrogen) atoms. The molecule has 8 heteroatoms. The highest BCUT2D eigenvalue weighted by molar-refractivity contribution is 6.38. The number of nitrogens with zero attached hydrogens (tertiary/aromatic N) is 3. The Bertz CT molecular complexity index is 1350. The Morgan fingerprint density at radius 3 is 2.42 bits per heavy atom. The zero-order valence-corrected chi connectivity index (χ0v) is 22.5. The van der Waals surface area contributed by atoms with Gasteiger partial charge in [-0.15, -0.1) is 0 Å². The number of likely N-dealkylation sites (N-methyl/N-ethyl adjacent to an activating group) is 1. The van der Waals surface area contributed by atoms with Crippen molar-refractivity contribution in [3.63, 3.8) is 0 Å². The molecule has 2 heterocycles. The molecule has 0 radical (unpaired) electrons. The summed E-state index contributed by atoms with van der Waals surface area (Å²) in [6, 6.07) is 22.9. The molecule has 2 amide bonds. The summed E-state index contributed by atoms with van der Waals surface area (Å²) in [5.41, 5.74) is 5.28. The standard InChI is InChI=1S/C30H32ClN5O2/c1-34-16-18-36(19-17-34)15-14-27(37)35(2)24-11-9-23(10-12-24)32-29(21-6-4-3-5-7-21)28-25-13-8-22(31)20-26(25)33-30(28)38/h3-13,20,32H,14-19H2,1-2H3,(H,33,38). The Morgan fingerprint density at radius 1 is 1.00 bits per heavy atom. The number of halogens is 1. The second-order valence-electron chi connectivity index (χ2n) is 9.78. The van der Waals surface area contributed by atoms with Gasteiger partial charge in [-0.3, -0.25) is 9.59 Å². The van der Waals surface area contributed by atoms with Crippen molar-refractivity contribution in [2.75, 3.05) is 62.4 Å². The number of amides is 2. The number of hydrogen-bond acceptors (Lipinski definition) is 5. The predicted octanol–water partition coefficient (Wildman–Crippen LogP) is 4.87. The van der Waals surface area contributed by atoms with Crippen LogP contribution in [0.1, 0.15) is 17.5 Å². The quantitative estimate of drug-likeness (QED) is 0.427. The average Bonchev–Trinajstić information content (AvgIpc) is 3.26. The summed E-state index contributed by atoms with van der Waals surface area (Å²) in [4.78, 5) is 32.3. The summed E-state index contributed by atoms with van der Waals surface area (Å²) in [6.45, 7) is 4.87. The van der Waals surface area contributed by atoms with Gasteiger partial charge >= 0.3 is 0 Å². The fraction of sp³-hybridized carbons (Fsp3) is 0.267.